The minimum atomic E-state index is -0.776. The van der Waals surface area contributed by atoms with Crippen molar-refractivity contribution >= 4 is 5.78 Å². The third kappa shape index (κ3) is 4.97. The number of benzene rings is 2. The molecule has 0 radical (unpaired) electrons. The first-order valence-corrected chi connectivity index (χ1v) is 7.25. The lowest BCUT2D eigenvalue weighted by molar-refractivity contribution is -0.120. The van der Waals surface area contributed by atoms with Crippen LogP contribution in [-0.2, 0) is 17.6 Å². The van der Waals surface area contributed by atoms with Crippen LogP contribution in [0.1, 0.15) is 24.0 Å². The third-order valence-electron chi connectivity index (χ3n) is 3.51. The van der Waals surface area contributed by atoms with Gasteiger partial charge in [-0.1, -0.05) is 30.3 Å². The summed E-state index contributed by atoms with van der Waals surface area (Å²) in [4.78, 5) is 11.9. The summed E-state index contributed by atoms with van der Waals surface area (Å²) in [5.74, 6) is -0.197. The number of carbonyl (C=O) groups excluding carboxylic acids is 1. The fourth-order valence-corrected chi connectivity index (χ4v) is 2.33. The van der Waals surface area contributed by atoms with E-state index >= 15 is 0 Å². The summed E-state index contributed by atoms with van der Waals surface area (Å²) in [6.45, 7) is 0. The van der Waals surface area contributed by atoms with Crippen LogP contribution in [0.4, 0.5) is 4.39 Å². The zero-order chi connectivity index (χ0) is 15.9. The number of rotatable bonds is 7. The number of aliphatic hydroxyl groups is 1. The Labute approximate surface area is 129 Å². The van der Waals surface area contributed by atoms with Gasteiger partial charge in [-0.3, -0.25) is 4.79 Å². The van der Waals surface area contributed by atoms with Crippen LogP contribution < -0.4 is 0 Å². The Hall–Kier alpha value is -2.20. The Balaban J connectivity index is 1.79. The first kappa shape index (κ1) is 16.2. The number of para-hydroxylation sites is 1. The zero-order valence-corrected chi connectivity index (χ0v) is 12.2. The minimum Gasteiger partial charge on any atom is -0.508 e. The van der Waals surface area contributed by atoms with Crippen molar-refractivity contribution in [3.8, 4) is 5.75 Å². The third-order valence-corrected chi connectivity index (χ3v) is 3.51. The lowest BCUT2D eigenvalue weighted by atomic mass is 10.00. The fraction of sp³-hybridized carbons (Fsp3) is 0.278. The number of ketones is 1. The smallest absolute Gasteiger partial charge is 0.135 e. The maximum Gasteiger partial charge on any atom is 0.135 e. The molecule has 22 heavy (non-hydrogen) atoms. The van der Waals surface area contributed by atoms with E-state index in [1.165, 1.54) is 12.1 Å². The molecule has 0 saturated carbocycles. The van der Waals surface area contributed by atoms with Crippen LogP contribution >= 0.6 is 0 Å². The van der Waals surface area contributed by atoms with Gasteiger partial charge in [-0.25, -0.2) is 4.39 Å². The quantitative estimate of drug-likeness (QED) is 0.826. The van der Waals surface area contributed by atoms with Gasteiger partial charge in [0.2, 0.25) is 0 Å². The molecule has 2 rings (SSSR count). The van der Waals surface area contributed by atoms with Crippen molar-refractivity contribution in [2.45, 2.75) is 31.8 Å². The highest BCUT2D eigenvalue weighted by Crippen LogP contribution is 2.18. The normalized spacial score (nSPS) is 12.1. The monoisotopic (exact) mass is 302 g/mol. The number of hydrogen-bond acceptors (Lipinski definition) is 3. The molecule has 0 amide bonds. The molecule has 3 nitrogen and oxygen atoms in total. The number of phenols is 1. The van der Waals surface area contributed by atoms with Crippen LogP contribution in [0.3, 0.4) is 0 Å². The van der Waals surface area contributed by atoms with Crippen LogP contribution in [0, 0.1) is 5.82 Å². The van der Waals surface area contributed by atoms with E-state index in [0.717, 1.165) is 11.1 Å². The Morgan fingerprint density at radius 3 is 2.45 bits per heavy atom. The van der Waals surface area contributed by atoms with E-state index in [9.17, 15) is 19.4 Å². The number of aliphatic hydroxyl groups excluding tert-OH is 1. The highest BCUT2D eigenvalue weighted by molar-refractivity contribution is 5.79. The van der Waals surface area contributed by atoms with Gasteiger partial charge in [0.1, 0.15) is 17.3 Å². The second-order valence-electron chi connectivity index (χ2n) is 5.36. The van der Waals surface area contributed by atoms with Crippen LogP contribution in [0.5, 0.6) is 5.75 Å². The van der Waals surface area contributed by atoms with Gasteiger partial charge in [-0.2, -0.15) is 0 Å². The summed E-state index contributed by atoms with van der Waals surface area (Å²) in [5, 5.41) is 19.6. The Morgan fingerprint density at radius 2 is 1.77 bits per heavy atom. The molecule has 116 valence electrons. The number of aryl methyl sites for hydroxylation is 1. The van der Waals surface area contributed by atoms with E-state index in [2.05, 4.69) is 0 Å². The van der Waals surface area contributed by atoms with Crippen LogP contribution in [0.15, 0.2) is 48.5 Å². The van der Waals surface area contributed by atoms with Gasteiger partial charge in [0, 0.05) is 12.8 Å². The summed E-state index contributed by atoms with van der Waals surface area (Å²) < 4.78 is 12.8. The second kappa shape index (κ2) is 7.71. The van der Waals surface area contributed by atoms with Crippen molar-refractivity contribution < 1.29 is 19.4 Å². The molecule has 0 aliphatic carbocycles. The maximum absolute atomic E-state index is 12.8. The Bertz CT molecular complexity index is 622. The van der Waals surface area contributed by atoms with E-state index < -0.39 is 6.10 Å². The van der Waals surface area contributed by atoms with Crippen LogP contribution in [0.2, 0.25) is 0 Å². The molecule has 0 fully saturated rings. The van der Waals surface area contributed by atoms with E-state index in [1.807, 2.05) is 6.07 Å². The first-order valence-electron chi connectivity index (χ1n) is 7.25. The first-order chi connectivity index (χ1) is 10.5. The van der Waals surface area contributed by atoms with Gasteiger partial charge in [-0.15, -0.1) is 0 Å². The van der Waals surface area contributed by atoms with Gasteiger partial charge in [-0.05, 0) is 42.2 Å². The molecule has 0 aromatic heterocycles. The predicted molar refractivity (Wildman–Crippen MR) is 82.2 cm³/mol. The molecule has 1 unspecified atom stereocenters. The summed E-state index contributed by atoms with van der Waals surface area (Å²) in [5.41, 5.74) is 1.52. The fourth-order valence-electron chi connectivity index (χ4n) is 2.33. The highest BCUT2D eigenvalue weighted by atomic mass is 19.1. The molecule has 2 N–H and O–H groups in total. The number of phenolic OH excluding ortho intramolecular Hbond substituents is 1. The van der Waals surface area contributed by atoms with Crippen LogP contribution in [-0.4, -0.2) is 22.1 Å². The highest BCUT2D eigenvalue weighted by Gasteiger charge is 2.12. The molecule has 0 bridgehead atoms. The van der Waals surface area contributed by atoms with Gasteiger partial charge >= 0.3 is 0 Å². The number of carbonyl (C=O) groups is 1. The lowest BCUT2D eigenvalue weighted by Crippen LogP contribution is -2.16. The van der Waals surface area contributed by atoms with Crippen LogP contribution in [0.25, 0.3) is 0 Å². The van der Waals surface area contributed by atoms with Crippen molar-refractivity contribution in [2.24, 2.45) is 0 Å². The van der Waals surface area contributed by atoms with Crippen molar-refractivity contribution in [3.05, 3.63) is 65.5 Å². The molecule has 0 aliphatic heterocycles. The van der Waals surface area contributed by atoms with Crippen molar-refractivity contribution in [1.29, 1.82) is 0 Å². The average Bonchev–Trinajstić information content (AvgIpc) is 2.49. The number of halogens is 1. The summed E-state index contributed by atoms with van der Waals surface area (Å²) in [6.07, 6.45) is 0.336. The maximum atomic E-state index is 12.8. The Kier molecular flexibility index (Phi) is 5.67. The van der Waals surface area contributed by atoms with Crippen molar-refractivity contribution in [3.63, 3.8) is 0 Å². The van der Waals surface area contributed by atoms with E-state index in [1.54, 1.807) is 30.3 Å². The molecule has 2 aromatic rings. The Morgan fingerprint density at radius 1 is 1.09 bits per heavy atom. The second-order valence-corrected chi connectivity index (χ2v) is 5.36. The van der Waals surface area contributed by atoms with Gasteiger partial charge < -0.3 is 10.2 Å². The largest absolute Gasteiger partial charge is 0.508 e. The summed E-state index contributed by atoms with van der Waals surface area (Å²) in [7, 11) is 0. The average molecular weight is 302 g/mol. The van der Waals surface area contributed by atoms with Gasteiger partial charge in [0.15, 0.2) is 0 Å². The molecular weight excluding hydrogens is 283 g/mol. The minimum absolute atomic E-state index is 0.0575. The molecule has 2 aromatic carbocycles. The molecule has 0 spiro atoms. The molecule has 0 aliphatic rings. The summed E-state index contributed by atoms with van der Waals surface area (Å²) in [6, 6.07) is 12.8. The molecule has 1 atom stereocenters. The van der Waals surface area contributed by atoms with Gasteiger partial charge in [0.25, 0.3) is 0 Å². The van der Waals surface area contributed by atoms with E-state index in [0.29, 0.717) is 12.8 Å². The lowest BCUT2D eigenvalue weighted by Gasteiger charge is -2.10. The topological polar surface area (TPSA) is 57.5 Å². The van der Waals surface area contributed by atoms with Crippen molar-refractivity contribution in [1.82, 2.24) is 0 Å². The molecule has 0 heterocycles. The standard InChI is InChI=1S/C18H19FO3/c19-15-8-5-13(6-9-15)11-17(21)12-16(20)10-7-14-3-1-2-4-18(14)22/h1-6,8-9,17,21-22H,7,10-12H2. The van der Waals surface area contributed by atoms with E-state index in [-0.39, 0.29) is 30.2 Å². The van der Waals surface area contributed by atoms with Crippen molar-refractivity contribution in [2.75, 3.05) is 0 Å². The predicted octanol–water partition coefficient (Wildman–Crippen LogP) is 3.03. The number of hydrogen-bond donors (Lipinski definition) is 2. The van der Waals surface area contributed by atoms with Gasteiger partial charge in [0.05, 0.1) is 6.10 Å². The molecular formula is C18H19FO3. The zero-order valence-electron chi connectivity index (χ0n) is 12.2. The summed E-state index contributed by atoms with van der Waals surface area (Å²) >= 11 is 0. The van der Waals surface area contributed by atoms with E-state index in [4.69, 9.17) is 0 Å². The number of Topliss-reactive ketones (excluding diaryl/α,β-unsaturated/α-hetero) is 1. The molecule has 0 saturated heterocycles. The molecule has 4 heteroatoms. The number of aromatic hydroxyl groups is 1. The SMILES string of the molecule is O=C(CCc1ccccc1O)CC(O)Cc1ccc(F)cc1.